The number of amides is 1. The largest absolute Gasteiger partial charge is 0.484 e. The molecule has 1 aromatic carbocycles. The van der Waals surface area contributed by atoms with E-state index in [0.29, 0.717) is 30.5 Å². The van der Waals surface area contributed by atoms with E-state index >= 15 is 0 Å². The van der Waals surface area contributed by atoms with Gasteiger partial charge in [-0.05, 0) is 55.3 Å². The zero-order chi connectivity index (χ0) is 20.5. The highest BCUT2D eigenvalue weighted by Gasteiger charge is 2.04. The molecule has 0 saturated carbocycles. The molecule has 0 bridgehead atoms. The number of aryl methyl sites for hydroxylation is 2. The van der Waals surface area contributed by atoms with Gasteiger partial charge in [0.2, 0.25) is 0 Å². The maximum atomic E-state index is 11.9. The maximum absolute atomic E-state index is 11.9. The fourth-order valence-electron chi connectivity index (χ4n) is 2.53. The summed E-state index contributed by atoms with van der Waals surface area (Å²) in [6, 6.07) is 15.1. The number of hydrogen-bond acceptors (Lipinski definition) is 7. The molecule has 0 aliphatic rings. The van der Waals surface area contributed by atoms with Gasteiger partial charge in [0.05, 0.1) is 0 Å². The molecule has 8 nitrogen and oxygen atoms in total. The molecule has 0 aliphatic heterocycles. The second kappa shape index (κ2) is 10.0. The SMILES string of the molecule is Cc1ccnc(Nc2ccc(NCCNC(=O)COc3ccccc3C)nn2)c1. The van der Waals surface area contributed by atoms with E-state index in [2.05, 4.69) is 31.1 Å². The molecule has 3 N–H and O–H groups in total. The van der Waals surface area contributed by atoms with Gasteiger partial charge in [-0.2, -0.15) is 0 Å². The van der Waals surface area contributed by atoms with Crippen LogP contribution in [-0.2, 0) is 4.79 Å². The molecule has 3 aromatic rings. The van der Waals surface area contributed by atoms with Gasteiger partial charge in [-0.1, -0.05) is 18.2 Å². The third-order valence-electron chi connectivity index (χ3n) is 4.04. The first kappa shape index (κ1) is 20.1. The molecule has 0 spiro atoms. The summed E-state index contributed by atoms with van der Waals surface area (Å²) in [7, 11) is 0. The van der Waals surface area contributed by atoms with E-state index in [-0.39, 0.29) is 12.5 Å². The number of carbonyl (C=O) groups is 1. The predicted molar refractivity (Wildman–Crippen MR) is 112 cm³/mol. The lowest BCUT2D eigenvalue weighted by molar-refractivity contribution is -0.123. The van der Waals surface area contributed by atoms with Crippen molar-refractivity contribution in [3.05, 3.63) is 65.9 Å². The van der Waals surface area contributed by atoms with E-state index in [0.717, 1.165) is 16.9 Å². The summed E-state index contributed by atoms with van der Waals surface area (Å²) in [4.78, 5) is 16.1. The number of ether oxygens (including phenoxy) is 1. The van der Waals surface area contributed by atoms with Gasteiger partial charge in [0.1, 0.15) is 17.4 Å². The molecule has 0 radical (unpaired) electrons. The van der Waals surface area contributed by atoms with Crippen LogP contribution in [0.2, 0.25) is 0 Å². The lowest BCUT2D eigenvalue weighted by Gasteiger charge is -2.10. The van der Waals surface area contributed by atoms with Gasteiger partial charge in [-0.15, -0.1) is 10.2 Å². The van der Waals surface area contributed by atoms with Crippen molar-refractivity contribution in [1.29, 1.82) is 0 Å². The number of pyridine rings is 1. The van der Waals surface area contributed by atoms with E-state index in [1.807, 2.05) is 62.4 Å². The molecule has 0 saturated heterocycles. The normalized spacial score (nSPS) is 10.3. The Morgan fingerprint density at radius 2 is 1.76 bits per heavy atom. The standard InChI is InChI=1S/C21H24N6O2/c1-15-9-10-22-20(13-15)25-19-8-7-18(26-27-19)23-11-12-24-21(28)14-29-17-6-4-3-5-16(17)2/h3-10,13H,11-12,14H2,1-2H3,(H,23,26)(H,24,28)(H,22,25,27). The van der Waals surface area contributed by atoms with Crippen molar-refractivity contribution in [2.45, 2.75) is 13.8 Å². The number of rotatable bonds is 9. The first-order chi connectivity index (χ1) is 14.1. The average molecular weight is 392 g/mol. The molecule has 29 heavy (non-hydrogen) atoms. The fraction of sp³-hybridized carbons (Fsp3) is 0.238. The van der Waals surface area contributed by atoms with Crippen LogP contribution in [0.15, 0.2) is 54.7 Å². The second-order valence-corrected chi connectivity index (χ2v) is 6.48. The van der Waals surface area contributed by atoms with Crippen molar-refractivity contribution >= 4 is 23.4 Å². The van der Waals surface area contributed by atoms with Crippen LogP contribution in [0.1, 0.15) is 11.1 Å². The monoisotopic (exact) mass is 392 g/mol. The van der Waals surface area contributed by atoms with Gasteiger partial charge < -0.3 is 20.7 Å². The highest BCUT2D eigenvalue weighted by Crippen LogP contribution is 2.16. The summed E-state index contributed by atoms with van der Waals surface area (Å²) < 4.78 is 5.52. The molecule has 2 aromatic heterocycles. The first-order valence-corrected chi connectivity index (χ1v) is 9.32. The van der Waals surface area contributed by atoms with Crippen molar-refractivity contribution in [3.63, 3.8) is 0 Å². The van der Waals surface area contributed by atoms with Crippen molar-refractivity contribution in [1.82, 2.24) is 20.5 Å². The van der Waals surface area contributed by atoms with E-state index in [1.54, 1.807) is 6.20 Å². The zero-order valence-corrected chi connectivity index (χ0v) is 16.5. The quantitative estimate of drug-likeness (QED) is 0.481. The minimum atomic E-state index is -0.175. The molecule has 0 unspecified atom stereocenters. The molecule has 0 aliphatic carbocycles. The molecule has 0 fully saturated rings. The van der Waals surface area contributed by atoms with E-state index in [4.69, 9.17) is 4.74 Å². The molecule has 8 heteroatoms. The van der Waals surface area contributed by atoms with Crippen LogP contribution in [0, 0.1) is 13.8 Å². The number of aromatic nitrogens is 3. The highest BCUT2D eigenvalue weighted by molar-refractivity contribution is 5.77. The van der Waals surface area contributed by atoms with Crippen molar-refractivity contribution in [2.75, 3.05) is 30.3 Å². The average Bonchev–Trinajstić information content (AvgIpc) is 2.72. The van der Waals surface area contributed by atoms with E-state index in [1.165, 1.54) is 0 Å². The van der Waals surface area contributed by atoms with E-state index in [9.17, 15) is 4.79 Å². The Morgan fingerprint density at radius 3 is 2.52 bits per heavy atom. The van der Waals surface area contributed by atoms with Crippen LogP contribution in [0.5, 0.6) is 5.75 Å². The Morgan fingerprint density at radius 1 is 0.966 bits per heavy atom. The van der Waals surface area contributed by atoms with Gasteiger partial charge in [-0.25, -0.2) is 4.98 Å². The minimum Gasteiger partial charge on any atom is -0.484 e. The van der Waals surface area contributed by atoms with Crippen LogP contribution < -0.4 is 20.7 Å². The lowest BCUT2D eigenvalue weighted by atomic mass is 10.2. The summed E-state index contributed by atoms with van der Waals surface area (Å²) in [6.45, 7) is 4.90. The molecule has 2 heterocycles. The van der Waals surface area contributed by atoms with Gasteiger partial charge in [0.25, 0.3) is 5.91 Å². The molecular formula is C21H24N6O2. The summed E-state index contributed by atoms with van der Waals surface area (Å²) in [5.74, 6) is 2.49. The number of para-hydroxylation sites is 1. The summed E-state index contributed by atoms with van der Waals surface area (Å²) in [5, 5.41) is 17.2. The molecule has 150 valence electrons. The van der Waals surface area contributed by atoms with Gasteiger partial charge >= 0.3 is 0 Å². The minimum absolute atomic E-state index is 0.0159. The molecule has 3 rings (SSSR count). The number of carbonyl (C=O) groups excluding carboxylic acids is 1. The maximum Gasteiger partial charge on any atom is 0.258 e. The van der Waals surface area contributed by atoms with Crippen LogP contribution in [-0.4, -0.2) is 40.8 Å². The Balaban J connectivity index is 1.36. The summed E-state index contributed by atoms with van der Waals surface area (Å²) in [6.07, 6.45) is 1.74. The number of nitrogens with zero attached hydrogens (tertiary/aromatic N) is 3. The van der Waals surface area contributed by atoms with Gasteiger partial charge in [0, 0.05) is 19.3 Å². The van der Waals surface area contributed by atoms with Crippen LogP contribution in [0.4, 0.5) is 17.5 Å². The number of hydrogen-bond donors (Lipinski definition) is 3. The molecule has 1 amide bonds. The number of benzene rings is 1. The van der Waals surface area contributed by atoms with Crippen LogP contribution >= 0.6 is 0 Å². The smallest absolute Gasteiger partial charge is 0.258 e. The van der Waals surface area contributed by atoms with Gasteiger partial charge in [-0.3, -0.25) is 4.79 Å². The van der Waals surface area contributed by atoms with Crippen molar-refractivity contribution in [3.8, 4) is 5.75 Å². The molecule has 0 atom stereocenters. The van der Waals surface area contributed by atoms with Gasteiger partial charge in [0.15, 0.2) is 12.4 Å². The lowest BCUT2D eigenvalue weighted by Crippen LogP contribution is -2.32. The predicted octanol–water partition coefficient (Wildman–Crippen LogP) is 2.84. The first-order valence-electron chi connectivity index (χ1n) is 9.32. The fourth-order valence-corrected chi connectivity index (χ4v) is 2.53. The summed E-state index contributed by atoms with van der Waals surface area (Å²) in [5.41, 5.74) is 2.11. The van der Waals surface area contributed by atoms with Crippen molar-refractivity contribution < 1.29 is 9.53 Å². The zero-order valence-electron chi connectivity index (χ0n) is 16.5. The second-order valence-electron chi connectivity index (χ2n) is 6.48. The Hall–Kier alpha value is -3.68. The summed E-state index contributed by atoms with van der Waals surface area (Å²) >= 11 is 0. The third-order valence-corrected chi connectivity index (χ3v) is 4.04. The van der Waals surface area contributed by atoms with Crippen LogP contribution in [0.25, 0.3) is 0 Å². The Kier molecular flexibility index (Phi) is 6.94. The third kappa shape index (κ3) is 6.46. The van der Waals surface area contributed by atoms with E-state index < -0.39 is 0 Å². The highest BCUT2D eigenvalue weighted by atomic mass is 16.5. The number of nitrogens with one attached hydrogen (secondary N) is 3. The van der Waals surface area contributed by atoms with Crippen LogP contribution in [0.3, 0.4) is 0 Å². The Bertz CT molecular complexity index is 946. The topological polar surface area (TPSA) is 101 Å². The molecular weight excluding hydrogens is 368 g/mol. The van der Waals surface area contributed by atoms with Crippen molar-refractivity contribution in [2.24, 2.45) is 0 Å². The number of anilines is 3. The Labute approximate surface area is 169 Å².